The summed E-state index contributed by atoms with van der Waals surface area (Å²) in [6.07, 6.45) is -6.00. The summed E-state index contributed by atoms with van der Waals surface area (Å²) in [7, 11) is -11.5. The Labute approximate surface area is 290 Å². The maximum absolute atomic E-state index is 11.8. The number of rotatable bonds is 6. The van der Waals surface area contributed by atoms with Crippen LogP contribution in [0.15, 0.2) is 11.0 Å². The average Bonchev–Trinajstić information content (AvgIpc) is 2.75. The van der Waals surface area contributed by atoms with E-state index in [-0.39, 0.29) is 154 Å². The van der Waals surface area contributed by atoms with E-state index in [9.17, 15) is 43.9 Å². The molecule has 1 aromatic rings. The largest absolute Gasteiger partial charge is 1.00 e. The molecule has 5 atom stereocenters. The first-order chi connectivity index (χ1) is 11.8. The summed E-state index contributed by atoms with van der Waals surface area (Å²) in [5.41, 5.74) is 4.16. The molecule has 29 heavy (non-hydrogen) atoms. The minimum absolute atomic E-state index is 0. The van der Waals surface area contributed by atoms with Crippen molar-refractivity contribution in [2.45, 2.75) is 24.5 Å². The standard InChI is InChI=1S/C9H15N3O12P2.3K/c10-7-3(13)1-12(9(16)11-7)8-6(15)5(14)4(23-8)2-22-26(20,21)24-25(17,18)19;;;/h1,4-6,8,13-15H,2H2,(H,20,21)(H2,10,11,16)(H2,17,18,19);;;/q;3*+1/p-3/t4-,5-,6-,8-;;;/m1.../s1. The van der Waals surface area contributed by atoms with E-state index < -0.39 is 64.0 Å². The normalized spacial score (nSPS) is 25.8. The number of hydrogen-bond donors (Lipinski definition) is 4. The van der Waals surface area contributed by atoms with Crippen LogP contribution in [0.2, 0.25) is 0 Å². The molecule has 0 amide bonds. The Morgan fingerprint density at radius 3 is 2.28 bits per heavy atom. The second kappa shape index (κ2) is 14.2. The van der Waals surface area contributed by atoms with Crippen molar-refractivity contribution in [1.82, 2.24) is 9.55 Å². The molecule has 1 fully saturated rings. The molecule has 1 unspecified atom stereocenters. The molecule has 1 aromatic heterocycles. The van der Waals surface area contributed by atoms with E-state index in [4.69, 9.17) is 10.5 Å². The Morgan fingerprint density at radius 1 is 1.21 bits per heavy atom. The molecule has 20 heteroatoms. The number of nitrogen functional groups attached to an aromatic ring is 1. The number of aliphatic hydroxyl groups is 2. The Bertz CT molecular complexity index is 837. The van der Waals surface area contributed by atoms with Crippen LogP contribution in [0.4, 0.5) is 5.82 Å². The zero-order chi connectivity index (χ0) is 19.9. The SMILES string of the molecule is Nc1nc(=O)n([C@@H]2O[C@H](COP(=O)([O-])OP(=O)([O-])[O-])[C@@H](O)[C@H]2O)cc1O.[K+].[K+].[K+]. The van der Waals surface area contributed by atoms with E-state index in [1.165, 1.54) is 0 Å². The molecule has 0 saturated carbocycles. The number of nitrogens with two attached hydrogens (primary N) is 1. The number of aliphatic hydroxyl groups excluding tert-OH is 2. The van der Waals surface area contributed by atoms with E-state index in [0.29, 0.717) is 4.57 Å². The smallest absolute Gasteiger partial charge is 0.790 e. The van der Waals surface area contributed by atoms with Gasteiger partial charge in [0.25, 0.3) is 7.82 Å². The van der Waals surface area contributed by atoms with Crippen molar-refractivity contribution in [2.75, 3.05) is 12.3 Å². The van der Waals surface area contributed by atoms with Gasteiger partial charge in [0, 0.05) is 0 Å². The zero-order valence-electron chi connectivity index (χ0n) is 15.5. The Hall–Kier alpha value is 3.53. The van der Waals surface area contributed by atoms with Gasteiger partial charge >= 0.3 is 160 Å². The van der Waals surface area contributed by atoms with Gasteiger partial charge in [0.05, 0.1) is 20.6 Å². The molecule has 1 saturated heterocycles. The second-order valence-electron chi connectivity index (χ2n) is 5.02. The van der Waals surface area contributed by atoms with Crippen molar-refractivity contribution in [3.8, 4) is 5.75 Å². The number of phosphoric acid groups is 2. The van der Waals surface area contributed by atoms with Crippen LogP contribution in [0, 0.1) is 0 Å². The fraction of sp³-hybridized carbons (Fsp3) is 0.556. The number of anilines is 1. The van der Waals surface area contributed by atoms with Crippen LogP contribution in [0.1, 0.15) is 6.23 Å². The first-order valence-electron chi connectivity index (χ1n) is 6.59. The number of aromatic nitrogens is 2. The Morgan fingerprint density at radius 2 is 1.76 bits per heavy atom. The molecule has 2 rings (SSSR count). The Kier molecular flexibility index (Phi) is 17.0. The maximum atomic E-state index is 11.8. The number of nitrogens with zero attached hydrogens (tertiary/aromatic N) is 2. The fourth-order valence-corrected chi connectivity index (χ4v) is 3.56. The average molecular weight is 533 g/mol. The molecule has 0 bridgehead atoms. The summed E-state index contributed by atoms with van der Waals surface area (Å²) < 4.78 is 34.4. The predicted molar refractivity (Wildman–Crippen MR) is 72.7 cm³/mol. The van der Waals surface area contributed by atoms with Crippen LogP contribution in [0.25, 0.3) is 0 Å². The second-order valence-corrected chi connectivity index (χ2v) is 7.72. The van der Waals surface area contributed by atoms with Gasteiger partial charge in [-0.1, -0.05) is 0 Å². The van der Waals surface area contributed by atoms with Crippen LogP contribution in [0.5, 0.6) is 5.75 Å². The van der Waals surface area contributed by atoms with Gasteiger partial charge < -0.3 is 49.6 Å². The van der Waals surface area contributed by atoms with Gasteiger partial charge in [0.2, 0.25) is 0 Å². The third-order valence-electron chi connectivity index (χ3n) is 3.17. The topological polar surface area (TPSA) is 253 Å². The van der Waals surface area contributed by atoms with E-state index in [1.54, 1.807) is 0 Å². The van der Waals surface area contributed by atoms with Crippen LogP contribution >= 0.6 is 15.6 Å². The van der Waals surface area contributed by atoms with Crippen molar-refractivity contribution in [3.63, 3.8) is 0 Å². The van der Waals surface area contributed by atoms with Gasteiger partial charge in [-0.25, -0.2) is 4.79 Å². The van der Waals surface area contributed by atoms with Gasteiger partial charge in [-0.2, -0.15) is 4.98 Å². The molecular weight excluding hydrogens is 521 g/mol. The first-order valence-corrected chi connectivity index (χ1v) is 9.51. The van der Waals surface area contributed by atoms with Gasteiger partial charge in [-0.05, 0) is 0 Å². The molecule has 0 radical (unpaired) electrons. The summed E-state index contributed by atoms with van der Waals surface area (Å²) in [5.74, 6) is -1.13. The summed E-state index contributed by atoms with van der Waals surface area (Å²) >= 11 is 0. The van der Waals surface area contributed by atoms with E-state index in [2.05, 4.69) is 13.8 Å². The molecule has 1 aliphatic rings. The predicted octanol–water partition coefficient (Wildman–Crippen LogP) is -13.5. The van der Waals surface area contributed by atoms with Crippen molar-refractivity contribution >= 4 is 21.5 Å². The van der Waals surface area contributed by atoms with Crippen LogP contribution < -0.4 is 180 Å². The maximum Gasteiger partial charge on any atom is 1.00 e. The number of aromatic hydroxyl groups is 1. The molecular formula is C9H12K3N3O12P2. The molecule has 148 valence electrons. The van der Waals surface area contributed by atoms with Crippen LogP contribution in [-0.2, 0) is 22.7 Å². The molecule has 5 N–H and O–H groups in total. The van der Waals surface area contributed by atoms with Crippen molar-refractivity contribution in [2.24, 2.45) is 0 Å². The number of hydrogen-bond acceptors (Lipinski definition) is 14. The molecule has 15 nitrogen and oxygen atoms in total. The minimum atomic E-state index is -5.90. The van der Waals surface area contributed by atoms with Crippen LogP contribution in [-0.4, -0.2) is 49.8 Å². The third-order valence-corrected chi connectivity index (χ3v) is 5.23. The molecule has 0 aliphatic carbocycles. The quantitative estimate of drug-likeness (QED) is 0.196. The summed E-state index contributed by atoms with van der Waals surface area (Å²) in [4.78, 5) is 46.8. The molecule has 0 spiro atoms. The fourth-order valence-electron chi connectivity index (χ4n) is 2.06. The molecule has 0 aromatic carbocycles. The van der Waals surface area contributed by atoms with Crippen molar-refractivity contribution in [1.29, 1.82) is 0 Å². The summed E-state index contributed by atoms with van der Waals surface area (Å²) in [6.45, 7) is -1.06. The van der Waals surface area contributed by atoms with Gasteiger partial charge in [-0.15, -0.1) is 0 Å². The number of ether oxygens (including phenoxy) is 1. The van der Waals surface area contributed by atoms with E-state index in [0.717, 1.165) is 6.20 Å². The summed E-state index contributed by atoms with van der Waals surface area (Å²) in [5, 5.41) is 29.2. The minimum Gasteiger partial charge on any atom is -0.790 e. The van der Waals surface area contributed by atoms with E-state index in [1.807, 2.05) is 0 Å². The zero-order valence-corrected chi connectivity index (χ0v) is 26.6. The molecule has 2 heterocycles. The third kappa shape index (κ3) is 10.4. The van der Waals surface area contributed by atoms with Crippen molar-refractivity contribution < 1.29 is 207 Å². The van der Waals surface area contributed by atoms with Crippen molar-refractivity contribution in [3.05, 3.63) is 16.7 Å². The van der Waals surface area contributed by atoms with Gasteiger partial charge in [-0.3, -0.25) is 13.4 Å². The van der Waals surface area contributed by atoms with Gasteiger partial charge in [0.1, 0.15) is 18.3 Å². The Balaban J connectivity index is 0. The first kappa shape index (κ1) is 34.7. The van der Waals surface area contributed by atoms with Gasteiger partial charge in [0.15, 0.2) is 17.8 Å². The van der Waals surface area contributed by atoms with E-state index >= 15 is 0 Å². The monoisotopic (exact) mass is 533 g/mol. The van der Waals surface area contributed by atoms with Crippen LogP contribution in [0.3, 0.4) is 0 Å². The summed E-state index contributed by atoms with van der Waals surface area (Å²) in [6, 6.07) is 0. The number of phosphoric ester groups is 1. The molecule has 1 aliphatic heterocycles.